The van der Waals surface area contributed by atoms with Gasteiger partial charge in [0.05, 0.1) is 5.69 Å². The molecule has 0 atom stereocenters. The molecule has 1 aliphatic heterocycles. The van der Waals surface area contributed by atoms with E-state index in [-0.39, 0.29) is 19.1 Å². The molecule has 0 bridgehead atoms. The van der Waals surface area contributed by atoms with Crippen LogP contribution in [0, 0.1) is 13.8 Å². The summed E-state index contributed by atoms with van der Waals surface area (Å²) in [5, 5.41) is 14.9. The van der Waals surface area contributed by atoms with Gasteiger partial charge < -0.3 is 10.2 Å². The Balaban J connectivity index is 1.77. The van der Waals surface area contributed by atoms with E-state index in [1.165, 1.54) is 4.31 Å². The molecular formula is C12H22N6O3S. The molecule has 9 nitrogen and oxygen atoms in total. The molecule has 1 aromatic rings. The van der Waals surface area contributed by atoms with Crippen molar-refractivity contribution in [3.8, 4) is 0 Å². The lowest BCUT2D eigenvalue weighted by molar-refractivity contribution is 0.172. The summed E-state index contributed by atoms with van der Waals surface area (Å²) in [6.45, 7) is 5.52. The number of rotatable bonds is 4. The minimum atomic E-state index is -3.67. The van der Waals surface area contributed by atoms with Crippen LogP contribution in [0.25, 0.3) is 0 Å². The first kappa shape index (κ1) is 16.7. The van der Waals surface area contributed by atoms with E-state index < -0.39 is 10.2 Å². The summed E-state index contributed by atoms with van der Waals surface area (Å²) in [4.78, 5) is 13.6. The fraction of sp³-hybridized carbons (Fsp3) is 0.667. The number of carbonyl (C=O) groups excluding carboxylic acids is 1. The second-order valence-corrected chi connectivity index (χ2v) is 6.87. The van der Waals surface area contributed by atoms with Crippen molar-refractivity contribution in [3.63, 3.8) is 0 Å². The average Bonchev–Trinajstić information content (AvgIpc) is 2.78. The third-order valence-electron chi connectivity index (χ3n) is 3.82. The number of aromatic amines is 1. The van der Waals surface area contributed by atoms with Crippen molar-refractivity contribution in [2.45, 2.75) is 20.3 Å². The summed E-state index contributed by atoms with van der Waals surface area (Å²) in [7, 11) is -3.67. The standard InChI is InChI=1S/C12H22N6O3S/c1-9-11(10(2)16-15-9)3-4-14-12(19)17-5-7-18(8-6-17)22(13,20)21/h3-8H2,1-2H3,(H,14,19)(H,15,16)(H2,13,20,21). The molecule has 1 saturated heterocycles. The van der Waals surface area contributed by atoms with E-state index in [0.29, 0.717) is 26.1 Å². The van der Waals surface area contributed by atoms with Crippen LogP contribution in [-0.2, 0) is 16.6 Å². The first-order valence-electron chi connectivity index (χ1n) is 7.10. The Morgan fingerprint density at radius 1 is 1.32 bits per heavy atom. The summed E-state index contributed by atoms with van der Waals surface area (Å²) >= 11 is 0. The van der Waals surface area contributed by atoms with Crippen molar-refractivity contribution in [2.75, 3.05) is 32.7 Å². The second kappa shape index (κ2) is 6.63. The molecule has 4 N–H and O–H groups in total. The highest BCUT2D eigenvalue weighted by Gasteiger charge is 2.26. The zero-order valence-corrected chi connectivity index (χ0v) is 13.6. The Kier molecular flexibility index (Phi) is 5.04. The smallest absolute Gasteiger partial charge is 0.317 e. The van der Waals surface area contributed by atoms with Gasteiger partial charge in [0.15, 0.2) is 0 Å². The lowest BCUT2D eigenvalue weighted by Gasteiger charge is -2.32. The molecular weight excluding hydrogens is 308 g/mol. The molecule has 1 aromatic heterocycles. The van der Waals surface area contributed by atoms with Gasteiger partial charge in [-0.2, -0.15) is 17.8 Å². The molecule has 0 spiro atoms. The van der Waals surface area contributed by atoms with Crippen LogP contribution in [0.5, 0.6) is 0 Å². The van der Waals surface area contributed by atoms with Crippen molar-refractivity contribution in [1.82, 2.24) is 24.7 Å². The fourth-order valence-electron chi connectivity index (χ4n) is 2.49. The zero-order valence-electron chi connectivity index (χ0n) is 12.8. The van der Waals surface area contributed by atoms with Gasteiger partial charge in [0.1, 0.15) is 0 Å². The topological polar surface area (TPSA) is 124 Å². The molecule has 0 radical (unpaired) electrons. The highest BCUT2D eigenvalue weighted by molar-refractivity contribution is 7.86. The lowest BCUT2D eigenvalue weighted by Crippen LogP contribution is -2.54. The van der Waals surface area contributed by atoms with E-state index in [1.54, 1.807) is 4.90 Å². The Labute approximate surface area is 130 Å². The largest absolute Gasteiger partial charge is 0.338 e. The molecule has 0 unspecified atom stereocenters. The highest BCUT2D eigenvalue weighted by Crippen LogP contribution is 2.09. The van der Waals surface area contributed by atoms with Crippen LogP contribution in [0.1, 0.15) is 17.0 Å². The molecule has 1 aliphatic rings. The van der Waals surface area contributed by atoms with E-state index in [9.17, 15) is 13.2 Å². The Hall–Kier alpha value is -1.65. The van der Waals surface area contributed by atoms with Crippen molar-refractivity contribution in [3.05, 3.63) is 17.0 Å². The van der Waals surface area contributed by atoms with Crippen molar-refractivity contribution >= 4 is 16.2 Å². The Morgan fingerprint density at radius 3 is 2.45 bits per heavy atom. The molecule has 0 aromatic carbocycles. The predicted molar refractivity (Wildman–Crippen MR) is 81.4 cm³/mol. The van der Waals surface area contributed by atoms with Crippen LogP contribution in [-0.4, -0.2) is 66.6 Å². The van der Waals surface area contributed by atoms with Crippen molar-refractivity contribution < 1.29 is 13.2 Å². The molecule has 1 fully saturated rings. The fourth-order valence-corrected chi connectivity index (χ4v) is 3.17. The number of nitrogens with one attached hydrogen (secondary N) is 2. The number of carbonyl (C=O) groups is 1. The van der Waals surface area contributed by atoms with Crippen LogP contribution in [0.2, 0.25) is 0 Å². The molecule has 2 heterocycles. The number of nitrogens with zero attached hydrogens (tertiary/aromatic N) is 3. The zero-order chi connectivity index (χ0) is 16.3. The van der Waals surface area contributed by atoms with Crippen LogP contribution in [0.3, 0.4) is 0 Å². The molecule has 124 valence electrons. The average molecular weight is 330 g/mol. The number of nitrogens with two attached hydrogens (primary N) is 1. The van der Waals surface area contributed by atoms with Gasteiger partial charge >= 0.3 is 6.03 Å². The number of hydrogen-bond acceptors (Lipinski definition) is 4. The van der Waals surface area contributed by atoms with Crippen LogP contribution < -0.4 is 10.5 Å². The molecule has 22 heavy (non-hydrogen) atoms. The van der Waals surface area contributed by atoms with Crippen molar-refractivity contribution in [1.29, 1.82) is 0 Å². The summed E-state index contributed by atoms with van der Waals surface area (Å²) < 4.78 is 23.6. The minimum Gasteiger partial charge on any atom is -0.338 e. The third kappa shape index (κ3) is 3.96. The summed E-state index contributed by atoms with van der Waals surface area (Å²) in [5.41, 5.74) is 3.06. The molecule has 2 rings (SSSR count). The third-order valence-corrected chi connectivity index (χ3v) is 4.90. The Bertz CT molecular complexity index is 614. The second-order valence-electron chi connectivity index (χ2n) is 5.33. The van der Waals surface area contributed by atoms with Gasteiger partial charge in [0.2, 0.25) is 0 Å². The first-order valence-corrected chi connectivity index (χ1v) is 8.60. The maximum atomic E-state index is 12.0. The Morgan fingerprint density at radius 2 is 1.95 bits per heavy atom. The van der Waals surface area contributed by atoms with Gasteiger partial charge in [-0.25, -0.2) is 9.93 Å². The van der Waals surface area contributed by atoms with Crippen LogP contribution in [0.15, 0.2) is 0 Å². The van der Waals surface area contributed by atoms with Gasteiger partial charge in [0, 0.05) is 38.4 Å². The normalized spacial score (nSPS) is 16.8. The highest BCUT2D eigenvalue weighted by atomic mass is 32.2. The number of aromatic nitrogens is 2. The maximum Gasteiger partial charge on any atom is 0.317 e. The number of amides is 2. The van der Waals surface area contributed by atoms with E-state index in [4.69, 9.17) is 5.14 Å². The first-order chi connectivity index (χ1) is 10.3. The molecule has 0 saturated carbocycles. The predicted octanol–water partition coefficient (Wildman–Crippen LogP) is -0.900. The quantitative estimate of drug-likeness (QED) is 0.661. The molecule has 0 aliphatic carbocycles. The summed E-state index contributed by atoms with van der Waals surface area (Å²) in [6.07, 6.45) is 0.705. The number of urea groups is 1. The number of piperazine rings is 1. The SMILES string of the molecule is Cc1n[nH]c(C)c1CCNC(=O)N1CCN(S(N)(=O)=O)CC1. The maximum absolute atomic E-state index is 12.0. The molecule has 2 amide bonds. The van der Waals surface area contributed by atoms with Gasteiger partial charge in [-0.15, -0.1) is 0 Å². The van der Waals surface area contributed by atoms with E-state index in [1.807, 2.05) is 13.8 Å². The van der Waals surface area contributed by atoms with Gasteiger partial charge in [-0.05, 0) is 25.8 Å². The monoisotopic (exact) mass is 330 g/mol. The number of H-pyrrole nitrogens is 1. The molecule has 10 heteroatoms. The van der Waals surface area contributed by atoms with Crippen LogP contribution >= 0.6 is 0 Å². The summed E-state index contributed by atoms with van der Waals surface area (Å²) in [6, 6.07) is -0.187. The van der Waals surface area contributed by atoms with Gasteiger partial charge in [-0.1, -0.05) is 0 Å². The summed E-state index contributed by atoms with van der Waals surface area (Å²) in [5.74, 6) is 0. The number of aryl methyl sites for hydroxylation is 2. The van der Waals surface area contributed by atoms with Crippen molar-refractivity contribution in [2.24, 2.45) is 5.14 Å². The van der Waals surface area contributed by atoms with Gasteiger partial charge in [-0.3, -0.25) is 5.10 Å². The van der Waals surface area contributed by atoms with E-state index in [2.05, 4.69) is 15.5 Å². The van der Waals surface area contributed by atoms with Crippen LogP contribution in [0.4, 0.5) is 4.79 Å². The number of hydrogen-bond donors (Lipinski definition) is 3. The minimum absolute atomic E-state index is 0.187. The van der Waals surface area contributed by atoms with Gasteiger partial charge in [0.25, 0.3) is 10.2 Å². The van der Waals surface area contributed by atoms with E-state index >= 15 is 0 Å². The lowest BCUT2D eigenvalue weighted by atomic mass is 10.1. The van der Waals surface area contributed by atoms with E-state index in [0.717, 1.165) is 17.0 Å².